The van der Waals surface area contributed by atoms with Gasteiger partial charge in [-0.15, -0.1) is 11.3 Å². The number of nitrogens with zero attached hydrogens (tertiary/aromatic N) is 2. The van der Waals surface area contributed by atoms with Crippen molar-refractivity contribution in [3.8, 4) is 22.1 Å². The van der Waals surface area contributed by atoms with Gasteiger partial charge >= 0.3 is 0 Å². The molecule has 1 fully saturated rings. The Morgan fingerprint density at radius 3 is 2.92 bits per heavy atom. The molecule has 2 heterocycles. The van der Waals surface area contributed by atoms with Crippen molar-refractivity contribution in [1.29, 1.82) is 0 Å². The highest BCUT2D eigenvalue weighted by Gasteiger charge is 2.32. The molecule has 24 heavy (non-hydrogen) atoms. The number of benzene rings is 1. The SMILES string of the molecule is CN(C)C(CNCc1csc(-c2ccc3c(c2)OCO3)n1)C1CC1. The van der Waals surface area contributed by atoms with E-state index in [0.717, 1.165) is 46.8 Å². The Labute approximate surface area is 146 Å². The van der Waals surface area contributed by atoms with Gasteiger partial charge in [0.25, 0.3) is 0 Å². The van der Waals surface area contributed by atoms with Crippen LogP contribution in [-0.4, -0.2) is 43.4 Å². The van der Waals surface area contributed by atoms with Crippen molar-refractivity contribution in [1.82, 2.24) is 15.2 Å². The molecule has 1 aromatic carbocycles. The molecule has 1 aliphatic carbocycles. The fraction of sp³-hybridized carbons (Fsp3) is 0.500. The van der Waals surface area contributed by atoms with Crippen LogP contribution in [0.4, 0.5) is 0 Å². The van der Waals surface area contributed by atoms with Crippen molar-refractivity contribution < 1.29 is 9.47 Å². The van der Waals surface area contributed by atoms with E-state index in [4.69, 9.17) is 14.5 Å². The molecule has 128 valence electrons. The van der Waals surface area contributed by atoms with Crippen LogP contribution in [0.15, 0.2) is 23.6 Å². The number of fused-ring (bicyclic) bond motifs is 1. The number of likely N-dealkylation sites (N-methyl/N-ethyl adjacent to an activating group) is 1. The third kappa shape index (κ3) is 3.41. The van der Waals surface area contributed by atoms with E-state index in [1.807, 2.05) is 18.2 Å². The second-order valence-electron chi connectivity index (χ2n) is 6.71. The summed E-state index contributed by atoms with van der Waals surface area (Å²) in [6.45, 7) is 2.15. The van der Waals surface area contributed by atoms with Gasteiger partial charge in [0, 0.05) is 30.1 Å². The van der Waals surface area contributed by atoms with E-state index >= 15 is 0 Å². The molecule has 6 heteroatoms. The maximum atomic E-state index is 5.45. The third-order valence-corrected chi connectivity index (χ3v) is 5.60. The van der Waals surface area contributed by atoms with E-state index in [1.165, 1.54) is 12.8 Å². The Morgan fingerprint density at radius 2 is 2.12 bits per heavy atom. The highest BCUT2D eigenvalue weighted by Crippen LogP contribution is 2.37. The molecule has 2 aromatic rings. The summed E-state index contributed by atoms with van der Waals surface area (Å²) in [5, 5.41) is 6.73. The molecule has 1 N–H and O–H groups in total. The first-order valence-corrected chi connectivity index (χ1v) is 9.30. The van der Waals surface area contributed by atoms with Crippen LogP contribution in [0, 0.1) is 5.92 Å². The summed E-state index contributed by atoms with van der Waals surface area (Å²) >= 11 is 1.67. The average Bonchev–Trinajstić information content (AvgIpc) is 3.11. The lowest BCUT2D eigenvalue weighted by Gasteiger charge is -2.24. The zero-order chi connectivity index (χ0) is 16.5. The maximum absolute atomic E-state index is 5.45. The molecular weight excluding hydrogens is 322 g/mol. The first-order chi connectivity index (χ1) is 11.7. The van der Waals surface area contributed by atoms with Crippen LogP contribution in [0.25, 0.3) is 10.6 Å². The lowest BCUT2D eigenvalue weighted by Crippen LogP contribution is -2.39. The molecular formula is C18H23N3O2S. The average molecular weight is 345 g/mol. The molecule has 0 spiro atoms. The van der Waals surface area contributed by atoms with Crippen LogP contribution in [-0.2, 0) is 6.54 Å². The van der Waals surface area contributed by atoms with Crippen LogP contribution in [0.5, 0.6) is 11.5 Å². The summed E-state index contributed by atoms with van der Waals surface area (Å²) in [5.41, 5.74) is 2.18. The van der Waals surface area contributed by atoms with Crippen molar-refractivity contribution in [2.75, 3.05) is 27.4 Å². The van der Waals surface area contributed by atoms with E-state index in [0.29, 0.717) is 12.8 Å². The summed E-state index contributed by atoms with van der Waals surface area (Å²) in [6, 6.07) is 6.64. The Hall–Kier alpha value is -1.63. The number of hydrogen-bond donors (Lipinski definition) is 1. The fourth-order valence-electron chi connectivity index (χ4n) is 3.15. The highest BCUT2D eigenvalue weighted by atomic mass is 32.1. The van der Waals surface area contributed by atoms with Gasteiger partial charge in [0.1, 0.15) is 5.01 Å². The fourth-order valence-corrected chi connectivity index (χ4v) is 3.97. The lowest BCUT2D eigenvalue weighted by molar-refractivity contribution is 0.174. The molecule has 1 unspecified atom stereocenters. The first-order valence-electron chi connectivity index (χ1n) is 8.42. The molecule has 0 amide bonds. The standard InChI is InChI=1S/C18H23N3O2S/c1-21(2)15(12-3-4-12)9-19-8-14-10-24-18(20-14)13-5-6-16-17(7-13)23-11-22-16/h5-7,10,12,15,19H,3-4,8-9,11H2,1-2H3. The quantitative estimate of drug-likeness (QED) is 0.836. The van der Waals surface area contributed by atoms with E-state index in [1.54, 1.807) is 11.3 Å². The second kappa shape index (κ2) is 6.70. The van der Waals surface area contributed by atoms with Crippen molar-refractivity contribution in [2.24, 2.45) is 5.92 Å². The van der Waals surface area contributed by atoms with E-state index in [2.05, 4.69) is 29.7 Å². The number of hydrogen-bond acceptors (Lipinski definition) is 6. The van der Waals surface area contributed by atoms with E-state index in [-0.39, 0.29) is 0 Å². The van der Waals surface area contributed by atoms with E-state index < -0.39 is 0 Å². The predicted octanol–water partition coefficient (Wildman–Crippen LogP) is 2.97. The van der Waals surface area contributed by atoms with Crippen molar-refractivity contribution >= 4 is 11.3 Å². The second-order valence-corrected chi connectivity index (χ2v) is 7.57. The number of ether oxygens (including phenoxy) is 2. The van der Waals surface area contributed by atoms with Gasteiger partial charge in [-0.1, -0.05) is 0 Å². The highest BCUT2D eigenvalue weighted by molar-refractivity contribution is 7.13. The van der Waals surface area contributed by atoms with Crippen LogP contribution < -0.4 is 14.8 Å². The van der Waals surface area contributed by atoms with Gasteiger partial charge in [-0.3, -0.25) is 0 Å². The smallest absolute Gasteiger partial charge is 0.231 e. The van der Waals surface area contributed by atoms with Gasteiger partial charge in [-0.25, -0.2) is 4.98 Å². The topological polar surface area (TPSA) is 46.6 Å². The number of rotatable bonds is 7. The minimum atomic E-state index is 0.305. The van der Waals surface area contributed by atoms with Gasteiger partial charge in [0.05, 0.1) is 5.69 Å². The minimum absolute atomic E-state index is 0.305. The predicted molar refractivity (Wildman–Crippen MR) is 95.6 cm³/mol. The summed E-state index contributed by atoms with van der Waals surface area (Å²) in [5.74, 6) is 2.49. The van der Waals surface area contributed by atoms with E-state index in [9.17, 15) is 0 Å². The van der Waals surface area contributed by atoms with Crippen molar-refractivity contribution in [3.05, 3.63) is 29.3 Å². The molecule has 1 atom stereocenters. The molecule has 0 radical (unpaired) electrons. The molecule has 2 aliphatic rings. The van der Waals surface area contributed by atoms with Crippen LogP contribution in [0.3, 0.4) is 0 Å². The Balaban J connectivity index is 1.36. The zero-order valence-corrected chi connectivity index (χ0v) is 14.9. The molecule has 1 saturated carbocycles. The monoisotopic (exact) mass is 345 g/mol. The van der Waals surface area contributed by atoms with Crippen molar-refractivity contribution in [3.63, 3.8) is 0 Å². The van der Waals surface area contributed by atoms with Gasteiger partial charge in [-0.2, -0.15) is 0 Å². The molecule has 0 saturated heterocycles. The molecule has 4 rings (SSSR count). The lowest BCUT2D eigenvalue weighted by atomic mass is 10.1. The minimum Gasteiger partial charge on any atom is -0.454 e. The van der Waals surface area contributed by atoms with Crippen LogP contribution in [0.2, 0.25) is 0 Å². The molecule has 1 aliphatic heterocycles. The zero-order valence-electron chi connectivity index (χ0n) is 14.1. The molecule has 5 nitrogen and oxygen atoms in total. The molecule has 0 bridgehead atoms. The Kier molecular flexibility index (Phi) is 4.43. The number of aromatic nitrogens is 1. The summed E-state index contributed by atoms with van der Waals surface area (Å²) in [7, 11) is 4.34. The number of thiazole rings is 1. The van der Waals surface area contributed by atoms with Crippen LogP contribution >= 0.6 is 11.3 Å². The maximum Gasteiger partial charge on any atom is 0.231 e. The summed E-state index contributed by atoms with van der Waals surface area (Å²) in [4.78, 5) is 7.09. The normalized spacial score (nSPS) is 17.5. The van der Waals surface area contributed by atoms with Crippen LogP contribution in [0.1, 0.15) is 18.5 Å². The van der Waals surface area contributed by atoms with Gasteiger partial charge in [0.15, 0.2) is 11.5 Å². The molecule has 1 aromatic heterocycles. The third-order valence-electron chi connectivity index (χ3n) is 4.66. The number of nitrogens with one attached hydrogen (secondary N) is 1. The summed E-state index contributed by atoms with van der Waals surface area (Å²) in [6.07, 6.45) is 2.74. The van der Waals surface area contributed by atoms with Gasteiger partial charge in [0.2, 0.25) is 6.79 Å². The Bertz CT molecular complexity index is 710. The first kappa shape index (κ1) is 15.9. The van der Waals surface area contributed by atoms with Gasteiger partial charge < -0.3 is 19.7 Å². The summed E-state index contributed by atoms with van der Waals surface area (Å²) < 4.78 is 10.8. The largest absolute Gasteiger partial charge is 0.454 e. The van der Waals surface area contributed by atoms with Gasteiger partial charge in [-0.05, 0) is 51.1 Å². The Morgan fingerprint density at radius 1 is 1.29 bits per heavy atom. The van der Waals surface area contributed by atoms with Crippen molar-refractivity contribution in [2.45, 2.75) is 25.4 Å².